The summed E-state index contributed by atoms with van der Waals surface area (Å²) >= 11 is 0. The van der Waals surface area contributed by atoms with E-state index in [1.165, 1.54) is 0 Å². The van der Waals surface area contributed by atoms with Gasteiger partial charge in [0.05, 0.1) is 12.8 Å². The van der Waals surface area contributed by atoms with E-state index in [0.717, 1.165) is 49.0 Å². The molecule has 0 heterocycles. The highest BCUT2D eigenvalue weighted by Gasteiger charge is 2.43. The van der Waals surface area contributed by atoms with Gasteiger partial charge < -0.3 is 0 Å². The zero-order chi connectivity index (χ0) is 36.9. The zero-order valence-corrected chi connectivity index (χ0v) is 28.3. The molecule has 11 heteroatoms. The van der Waals surface area contributed by atoms with Crippen LogP contribution >= 0.6 is 0 Å². The summed E-state index contributed by atoms with van der Waals surface area (Å²) in [5.41, 5.74) is 1.26. The van der Waals surface area contributed by atoms with Gasteiger partial charge in [0, 0.05) is 11.8 Å². The fraction of sp³-hybridized carbons (Fsp3) is 0.486. The van der Waals surface area contributed by atoms with Gasteiger partial charge in [-0.05, 0) is 60.5 Å². The lowest BCUT2D eigenvalue weighted by atomic mass is 9.61. The highest BCUT2D eigenvalue weighted by molar-refractivity contribution is 7.00. The molecule has 0 bridgehead atoms. The molecule has 0 aromatic rings. The first-order valence-corrected chi connectivity index (χ1v) is 15.7. The Morgan fingerprint density at radius 3 is 1.10 bits per heavy atom. The molecule has 0 N–H and O–H groups in total. The minimum Gasteiger partial charge on any atom is -0.294 e. The summed E-state index contributed by atoms with van der Waals surface area (Å²) < 4.78 is 0. The van der Waals surface area contributed by atoms with Crippen LogP contribution < -0.4 is 0 Å². The smallest absolute Gasteiger partial charge is 0.281 e. The molecule has 0 radical (unpaired) electrons. The molecule has 0 aromatic carbocycles. The van der Waals surface area contributed by atoms with Crippen molar-refractivity contribution in [1.29, 1.82) is 0 Å². The Morgan fingerprint density at radius 1 is 0.542 bits per heavy atom. The number of carbonyl (C=O) groups excluding carboxylic acids is 11. The van der Waals surface area contributed by atoms with Gasteiger partial charge in [0.25, 0.3) is 40.5 Å². The van der Waals surface area contributed by atoms with Gasteiger partial charge in [-0.15, -0.1) is 0 Å². The molecule has 2 aliphatic rings. The van der Waals surface area contributed by atoms with Crippen molar-refractivity contribution in [2.45, 2.75) is 80.1 Å². The second-order valence-electron chi connectivity index (χ2n) is 13.9. The number of Topliss-reactive ketones (excluding diaryl/α,β-unsaturated/α-hetero) is 9. The van der Waals surface area contributed by atoms with Crippen molar-refractivity contribution in [1.82, 2.24) is 0 Å². The van der Waals surface area contributed by atoms with E-state index in [4.69, 9.17) is 0 Å². The molecule has 0 aliphatic heterocycles. The fourth-order valence-electron chi connectivity index (χ4n) is 6.06. The lowest BCUT2D eigenvalue weighted by Gasteiger charge is -2.44. The van der Waals surface area contributed by atoms with Gasteiger partial charge in [-0.25, -0.2) is 0 Å². The number of rotatable bonds is 16. The normalized spacial score (nSPS) is 23.4. The molecule has 0 amide bonds. The van der Waals surface area contributed by atoms with E-state index in [1.807, 2.05) is 27.7 Å². The Bertz CT molecular complexity index is 1480. The molecule has 256 valence electrons. The summed E-state index contributed by atoms with van der Waals surface area (Å²) in [5.74, 6) is -20.8. The third kappa shape index (κ3) is 8.81. The van der Waals surface area contributed by atoms with E-state index in [-0.39, 0.29) is 22.7 Å². The second kappa shape index (κ2) is 15.5. The molecular formula is C37H42O11. The van der Waals surface area contributed by atoms with Crippen LogP contribution in [0.1, 0.15) is 80.1 Å². The Hall–Kier alpha value is -4.67. The van der Waals surface area contributed by atoms with Crippen LogP contribution in [-0.2, 0) is 52.7 Å². The third-order valence-electron chi connectivity index (χ3n) is 10.2. The molecule has 11 nitrogen and oxygen atoms in total. The van der Waals surface area contributed by atoms with E-state index in [2.05, 4.69) is 27.0 Å². The summed E-state index contributed by atoms with van der Waals surface area (Å²) in [7, 11) is 0. The molecule has 0 unspecified atom stereocenters. The highest BCUT2D eigenvalue weighted by atomic mass is 16.2. The van der Waals surface area contributed by atoms with E-state index in [9.17, 15) is 52.7 Å². The summed E-state index contributed by atoms with van der Waals surface area (Å²) in [6, 6.07) is 0. The summed E-state index contributed by atoms with van der Waals surface area (Å²) in [4.78, 5) is 135. The average Bonchev–Trinajstić information content (AvgIpc) is 3.01. The standard InChI is InChI=1S/C37H42O11/c1-19-9-11-21(3)36(5,6)25(19)15-13-23(38)17-27(40)29(42)31(44)33(46)35(48)34(47)32(45)30(43)28(41)18-24(39)14-16-26-20(2)10-12-22(4)37(26,7)8/h13-16,21-22,25-26H,1-2,9-12,17-18H2,3-8H3/b15-13+,16-14+/t21-,22+,25-,26+. The second-order valence-corrected chi connectivity index (χ2v) is 13.9. The van der Waals surface area contributed by atoms with Gasteiger partial charge in [-0.1, -0.05) is 78.0 Å². The number of hydrogen-bond acceptors (Lipinski definition) is 11. The van der Waals surface area contributed by atoms with Crippen LogP contribution in [0.2, 0.25) is 0 Å². The number of hydrogen-bond donors (Lipinski definition) is 0. The first-order valence-electron chi connectivity index (χ1n) is 15.7. The van der Waals surface area contributed by atoms with Crippen LogP contribution in [0.25, 0.3) is 0 Å². The Kier molecular flexibility index (Phi) is 12.7. The molecule has 2 rings (SSSR count). The number of ketones is 11. The lowest BCUT2D eigenvalue weighted by Crippen LogP contribution is -2.43. The van der Waals surface area contributed by atoms with Gasteiger partial charge in [-0.2, -0.15) is 0 Å². The van der Waals surface area contributed by atoms with Crippen LogP contribution in [0.15, 0.2) is 48.6 Å². The van der Waals surface area contributed by atoms with Crippen molar-refractivity contribution < 1.29 is 52.7 Å². The van der Waals surface area contributed by atoms with E-state index in [1.54, 1.807) is 12.2 Å². The van der Waals surface area contributed by atoms with E-state index in [0.29, 0.717) is 11.8 Å². The van der Waals surface area contributed by atoms with E-state index >= 15 is 0 Å². The lowest BCUT2D eigenvalue weighted by molar-refractivity contribution is -0.155. The Labute approximate surface area is 279 Å². The monoisotopic (exact) mass is 662 g/mol. The van der Waals surface area contributed by atoms with Gasteiger partial charge in [0.2, 0.25) is 11.6 Å². The number of carbonyl (C=O) groups is 11. The molecule has 0 saturated heterocycles. The molecule has 2 aliphatic carbocycles. The maximum Gasteiger partial charge on any atom is 0.281 e. The van der Waals surface area contributed by atoms with Gasteiger partial charge in [0.15, 0.2) is 11.6 Å². The fourth-order valence-corrected chi connectivity index (χ4v) is 6.06. The van der Waals surface area contributed by atoms with Crippen LogP contribution in [0, 0.1) is 34.5 Å². The van der Waals surface area contributed by atoms with Crippen LogP contribution in [0.3, 0.4) is 0 Å². The van der Waals surface area contributed by atoms with E-state index < -0.39 is 76.5 Å². The van der Waals surface area contributed by atoms with Crippen molar-refractivity contribution in [3.63, 3.8) is 0 Å². The van der Waals surface area contributed by atoms with Crippen molar-refractivity contribution in [2.24, 2.45) is 34.5 Å². The van der Waals surface area contributed by atoms with Crippen molar-refractivity contribution in [3.05, 3.63) is 48.6 Å². The van der Waals surface area contributed by atoms with Crippen molar-refractivity contribution in [2.75, 3.05) is 0 Å². The predicted octanol–water partition coefficient (Wildman–Crippen LogP) is 3.40. The Morgan fingerprint density at radius 2 is 0.812 bits per heavy atom. The quantitative estimate of drug-likeness (QED) is 0.102. The Balaban J connectivity index is 1.98. The minimum absolute atomic E-state index is 0.206. The largest absolute Gasteiger partial charge is 0.294 e. The van der Waals surface area contributed by atoms with Crippen LogP contribution in [0.4, 0.5) is 0 Å². The molecule has 0 aromatic heterocycles. The summed E-state index contributed by atoms with van der Waals surface area (Å²) in [6.45, 7) is 20.2. The van der Waals surface area contributed by atoms with Gasteiger partial charge >= 0.3 is 0 Å². The van der Waals surface area contributed by atoms with Gasteiger partial charge in [0.1, 0.15) is 0 Å². The number of allylic oxidation sites excluding steroid dienone is 6. The maximum atomic E-state index is 12.4. The predicted molar refractivity (Wildman–Crippen MR) is 172 cm³/mol. The molecule has 2 saturated carbocycles. The first-order chi connectivity index (χ1) is 22.0. The van der Waals surface area contributed by atoms with Gasteiger partial charge in [-0.3, -0.25) is 52.7 Å². The molecular weight excluding hydrogens is 620 g/mol. The maximum absolute atomic E-state index is 12.4. The summed E-state index contributed by atoms with van der Waals surface area (Å²) in [6.07, 6.45) is 6.30. The molecule has 48 heavy (non-hydrogen) atoms. The topological polar surface area (TPSA) is 188 Å². The van der Waals surface area contributed by atoms with Crippen LogP contribution in [-0.4, -0.2) is 63.6 Å². The first kappa shape index (κ1) is 39.5. The van der Waals surface area contributed by atoms with Crippen LogP contribution in [0.5, 0.6) is 0 Å². The third-order valence-corrected chi connectivity index (χ3v) is 10.2. The summed E-state index contributed by atoms with van der Waals surface area (Å²) in [5, 5.41) is 0. The van der Waals surface area contributed by atoms with Crippen molar-refractivity contribution >= 4 is 63.6 Å². The minimum atomic E-state index is -2.43. The molecule has 4 atom stereocenters. The highest BCUT2D eigenvalue weighted by Crippen LogP contribution is 2.48. The molecule has 2 fully saturated rings. The molecule has 0 spiro atoms. The van der Waals surface area contributed by atoms with Crippen molar-refractivity contribution in [3.8, 4) is 0 Å². The zero-order valence-electron chi connectivity index (χ0n) is 28.3. The average molecular weight is 663 g/mol. The SMILES string of the molecule is C=C1CC[C@@H](C)C(C)(C)[C@@H]1/C=C/C(=O)CC(=O)C(=O)C(=O)C(=O)C(=O)C(=O)C(=O)C(=O)C(=O)CC(=O)/C=C/[C@H]1C(=C)CC[C@H](C)C1(C)C.